The maximum atomic E-state index is 11.7. The largest absolute Gasteiger partial charge is 0.365 e. The molecule has 6 heteroatoms. The van der Waals surface area contributed by atoms with Crippen molar-refractivity contribution in [1.82, 2.24) is 4.98 Å². The number of carbonyl (C=O) groups is 1. The van der Waals surface area contributed by atoms with Crippen LogP contribution in [0, 0.1) is 0 Å². The minimum atomic E-state index is -0.747. The zero-order valence-corrected chi connectivity index (χ0v) is 8.47. The molecule has 0 aromatic carbocycles. The molecule has 0 bridgehead atoms. The van der Waals surface area contributed by atoms with Gasteiger partial charge in [0.25, 0.3) is 11.6 Å². The van der Waals surface area contributed by atoms with E-state index in [1.54, 1.807) is 12.3 Å². The molecule has 1 amide bonds. The fourth-order valence-electron chi connectivity index (χ4n) is 1.32. The number of nitrogens with one attached hydrogen (secondary N) is 2. The van der Waals surface area contributed by atoms with E-state index in [1.165, 1.54) is 6.20 Å². The minimum Gasteiger partial charge on any atom is -0.365 e. The van der Waals surface area contributed by atoms with Gasteiger partial charge in [0.15, 0.2) is 0 Å². The lowest BCUT2D eigenvalue weighted by atomic mass is 10.2. The first-order chi connectivity index (χ1) is 7.09. The van der Waals surface area contributed by atoms with E-state index in [4.69, 9.17) is 5.73 Å². The van der Waals surface area contributed by atoms with Crippen LogP contribution in [-0.4, -0.2) is 10.9 Å². The van der Waals surface area contributed by atoms with Crippen LogP contribution in [0.3, 0.4) is 0 Å². The Morgan fingerprint density at radius 2 is 2.27 bits per heavy atom. The first-order valence-electron chi connectivity index (χ1n) is 4.15. The van der Waals surface area contributed by atoms with Gasteiger partial charge in [-0.2, -0.15) is 0 Å². The van der Waals surface area contributed by atoms with E-state index in [-0.39, 0.29) is 5.56 Å². The van der Waals surface area contributed by atoms with E-state index in [2.05, 4.69) is 22.6 Å². The van der Waals surface area contributed by atoms with Gasteiger partial charge in [-0.1, -0.05) is 0 Å². The third-order valence-electron chi connectivity index (χ3n) is 2.04. The highest BCUT2D eigenvalue weighted by molar-refractivity contribution is 7.80. The summed E-state index contributed by atoms with van der Waals surface area (Å²) < 4.78 is 0. The molecule has 4 N–H and O–H groups in total. The molecule has 0 saturated carbocycles. The second-order valence-electron chi connectivity index (χ2n) is 3.04. The minimum absolute atomic E-state index is 0.0603. The quantitative estimate of drug-likeness (QED) is 0.580. The highest BCUT2D eigenvalue weighted by atomic mass is 32.1. The number of aromatic amines is 2. The molecular weight excluding hydrogens is 214 g/mol. The van der Waals surface area contributed by atoms with Crippen LogP contribution in [0.4, 0.5) is 0 Å². The Morgan fingerprint density at radius 3 is 2.93 bits per heavy atom. The second-order valence-corrected chi connectivity index (χ2v) is 3.56. The van der Waals surface area contributed by atoms with Crippen molar-refractivity contribution in [2.75, 3.05) is 0 Å². The number of nitrogens with two attached hydrogens (primary N) is 1. The summed E-state index contributed by atoms with van der Waals surface area (Å²) in [7, 11) is 0. The first-order valence-corrected chi connectivity index (χ1v) is 4.60. The molecule has 0 spiro atoms. The van der Waals surface area contributed by atoms with Crippen LogP contribution >= 0.6 is 12.6 Å². The molecule has 0 aliphatic carbocycles. The molecule has 0 aliphatic heterocycles. The molecule has 0 atom stereocenters. The monoisotopic (exact) mass is 222 g/mol. The molecule has 15 heavy (non-hydrogen) atoms. The van der Waals surface area contributed by atoms with Crippen molar-refractivity contribution in [3.8, 4) is 0 Å². The van der Waals surface area contributed by atoms with E-state index >= 15 is 0 Å². The standard InChI is InChI=1S/C9H7N3O2S/c10-8(14)6-3-12-9-5(7(6)13)1-4(15)2-11-9/h1-3,15H,(H2,10,14)(H,11,12,13)/p+1. The second kappa shape index (κ2) is 3.39. The molecular formula is C9H8N3O2S+. The fraction of sp³-hybridized carbons (Fsp3) is 0. The third-order valence-corrected chi connectivity index (χ3v) is 2.30. The molecule has 2 aromatic heterocycles. The summed E-state index contributed by atoms with van der Waals surface area (Å²) in [5, 5.41) is 0.360. The molecule has 76 valence electrons. The number of fused-ring (bicyclic) bond motifs is 1. The number of pyridine rings is 2. The smallest absolute Gasteiger partial charge is 0.288 e. The molecule has 2 aromatic rings. The van der Waals surface area contributed by atoms with Gasteiger partial charge in [-0.15, -0.1) is 12.6 Å². The number of hydrogen-bond acceptors (Lipinski definition) is 3. The van der Waals surface area contributed by atoms with E-state index in [9.17, 15) is 9.59 Å². The molecule has 2 rings (SSSR count). The van der Waals surface area contributed by atoms with Crippen LogP contribution in [0.5, 0.6) is 0 Å². The predicted octanol–water partition coefficient (Wildman–Crippen LogP) is -0.270. The lowest BCUT2D eigenvalue weighted by Crippen LogP contribution is -2.23. The van der Waals surface area contributed by atoms with Crippen LogP contribution in [0.2, 0.25) is 0 Å². The summed E-state index contributed by atoms with van der Waals surface area (Å²) in [5.41, 5.74) is 5.13. The summed E-state index contributed by atoms with van der Waals surface area (Å²) in [6.07, 6.45) is 2.92. The van der Waals surface area contributed by atoms with Gasteiger partial charge >= 0.3 is 0 Å². The van der Waals surface area contributed by atoms with Crippen LogP contribution < -0.4 is 16.1 Å². The van der Waals surface area contributed by atoms with E-state index in [0.29, 0.717) is 15.9 Å². The Balaban J connectivity index is 2.89. The number of hydrogen-bond donors (Lipinski definition) is 3. The highest BCUT2D eigenvalue weighted by Crippen LogP contribution is 2.07. The van der Waals surface area contributed by atoms with Crippen LogP contribution in [0.1, 0.15) is 10.4 Å². The van der Waals surface area contributed by atoms with Gasteiger partial charge in [-0.05, 0) is 6.07 Å². The van der Waals surface area contributed by atoms with Gasteiger partial charge in [-0.25, -0.2) is 9.97 Å². The van der Waals surface area contributed by atoms with Crippen LogP contribution in [-0.2, 0) is 0 Å². The summed E-state index contributed by atoms with van der Waals surface area (Å²) in [6.45, 7) is 0. The van der Waals surface area contributed by atoms with Crippen molar-refractivity contribution < 1.29 is 9.78 Å². The maximum Gasteiger partial charge on any atom is 0.288 e. The van der Waals surface area contributed by atoms with E-state index < -0.39 is 11.3 Å². The van der Waals surface area contributed by atoms with Gasteiger partial charge in [0.1, 0.15) is 23.3 Å². The summed E-state index contributed by atoms with van der Waals surface area (Å²) in [5.74, 6) is -0.747. The molecule has 0 radical (unpaired) electrons. The van der Waals surface area contributed by atoms with Crippen molar-refractivity contribution in [3.63, 3.8) is 0 Å². The van der Waals surface area contributed by atoms with Crippen LogP contribution in [0.25, 0.3) is 11.0 Å². The number of primary amides is 1. The lowest BCUT2D eigenvalue weighted by molar-refractivity contribution is -0.350. The summed E-state index contributed by atoms with van der Waals surface area (Å²) >= 11 is 4.09. The maximum absolute atomic E-state index is 11.7. The Labute approximate surface area is 89.7 Å². The van der Waals surface area contributed by atoms with Gasteiger partial charge < -0.3 is 5.73 Å². The van der Waals surface area contributed by atoms with Crippen molar-refractivity contribution in [2.45, 2.75) is 4.90 Å². The number of H-pyrrole nitrogens is 2. The van der Waals surface area contributed by atoms with Crippen LogP contribution in [0.15, 0.2) is 28.2 Å². The van der Waals surface area contributed by atoms with E-state index in [0.717, 1.165) is 0 Å². The normalized spacial score (nSPS) is 10.5. The average Bonchev–Trinajstić information content (AvgIpc) is 2.19. The van der Waals surface area contributed by atoms with Crippen molar-refractivity contribution >= 4 is 29.6 Å². The lowest BCUT2D eigenvalue weighted by Gasteiger charge is -1.95. The molecule has 0 aliphatic rings. The van der Waals surface area contributed by atoms with Crippen molar-refractivity contribution in [2.24, 2.45) is 5.73 Å². The Bertz CT molecular complexity index is 606. The molecule has 0 saturated heterocycles. The summed E-state index contributed by atoms with van der Waals surface area (Å²) in [6, 6.07) is 1.57. The molecule has 5 nitrogen and oxygen atoms in total. The number of thiol groups is 1. The zero-order valence-electron chi connectivity index (χ0n) is 7.57. The van der Waals surface area contributed by atoms with Crippen molar-refractivity contribution in [1.29, 1.82) is 0 Å². The van der Waals surface area contributed by atoms with Gasteiger partial charge in [0, 0.05) is 4.90 Å². The summed E-state index contributed by atoms with van der Waals surface area (Å²) in [4.78, 5) is 28.9. The number of aromatic nitrogens is 2. The molecule has 2 heterocycles. The number of carbonyl (C=O) groups excluding carboxylic acids is 1. The third kappa shape index (κ3) is 1.59. The first kappa shape index (κ1) is 9.72. The molecule has 0 unspecified atom stereocenters. The fourth-order valence-corrected chi connectivity index (χ4v) is 1.52. The van der Waals surface area contributed by atoms with Gasteiger partial charge in [0.05, 0.1) is 0 Å². The highest BCUT2D eigenvalue weighted by Gasteiger charge is 2.13. The average molecular weight is 222 g/mol. The number of amides is 1. The van der Waals surface area contributed by atoms with Gasteiger partial charge in [0.2, 0.25) is 5.43 Å². The molecule has 0 fully saturated rings. The Hall–Kier alpha value is -1.82. The SMILES string of the molecule is NC(=O)c1c[nH]c2[nH+]cc(S)cc2c1=O. The Kier molecular flexibility index (Phi) is 2.20. The Morgan fingerprint density at radius 1 is 1.53 bits per heavy atom. The topological polar surface area (TPSA) is 90.1 Å². The zero-order chi connectivity index (χ0) is 11.0. The predicted molar refractivity (Wildman–Crippen MR) is 56.9 cm³/mol. The van der Waals surface area contributed by atoms with E-state index in [1.807, 2.05) is 0 Å². The van der Waals surface area contributed by atoms with Crippen molar-refractivity contribution in [3.05, 3.63) is 34.2 Å². The number of rotatable bonds is 1. The van der Waals surface area contributed by atoms with Gasteiger partial charge in [-0.3, -0.25) is 9.59 Å².